The number of nitrogens with one attached hydrogen (secondary N) is 1. The Bertz CT molecular complexity index is 404. The number of hydrogen-bond acceptors (Lipinski definition) is 2. The van der Waals surface area contributed by atoms with E-state index >= 15 is 0 Å². The monoisotopic (exact) mass is 223 g/mol. The van der Waals surface area contributed by atoms with Crippen molar-refractivity contribution in [1.82, 2.24) is 5.32 Å². The number of Topliss-reactive ketones (excluding diaryl/α,β-unsaturated/α-hetero) is 1. The predicted molar refractivity (Wildman–Crippen MR) is 58.3 cm³/mol. The van der Waals surface area contributed by atoms with Gasteiger partial charge in [-0.2, -0.15) is 0 Å². The van der Waals surface area contributed by atoms with Crippen molar-refractivity contribution in [1.29, 1.82) is 0 Å². The van der Waals surface area contributed by atoms with Gasteiger partial charge in [-0.3, -0.25) is 9.59 Å². The maximum atomic E-state index is 12.9. The number of hydrogen-bond donors (Lipinski definition) is 1. The van der Waals surface area contributed by atoms with Gasteiger partial charge in [0.2, 0.25) is 5.91 Å². The Labute approximate surface area is 93.7 Å². The first-order valence-corrected chi connectivity index (χ1v) is 5.03. The van der Waals surface area contributed by atoms with Gasteiger partial charge >= 0.3 is 0 Å². The Hall–Kier alpha value is -1.71. The van der Waals surface area contributed by atoms with Crippen LogP contribution in [0.2, 0.25) is 0 Å². The molecule has 1 amide bonds. The molecule has 1 rings (SSSR count). The third-order valence-corrected chi connectivity index (χ3v) is 2.14. The van der Waals surface area contributed by atoms with Crippen molar-refractivity contribution >= 4 is 11.7 Å². The topological polar surface area (TPSA) is 46.2 Å². The predicted octanol–water partition coefficient (Wildman–Crippen LogP) is 1.98. The van der Waals surface area contributed by atoms with Crippen LogP contribution in [0.25, 0.3) is 0 Å². The summed E-state index contributed by atoms with van der Waals surface area (Å²) in [6.45, 7) is 3.10. The Balaban J connectivity index is 2.62. The highest BCUT2D eigenvalue weighted by Gasteiger charge is 2.11. The molecule has 1 unspecified atom stereocenters. The number of carbonyl (C=O) groups is 2. The number of benzene rings is 1. The molecular formula is C12H14FNO2. The van der Waals surface area contributed by atoms with Crippen molar-refractivity contribution in [3.8, 4) is 0 Å². The molecule has 0 radical (unpaired) electrons. The van der Waals surface area contributed by atoms with E-state index in [-0.39, 0.29) is 30.0 Å². The summed E-state index contributed by atoms with van der Waals surface area (Å²) in [6, 6.07) is 5.70. The average molecular weight is 223 g/mol. The summed E-state index contributed by atoms with van der Waals surface area (Å²) in [7, 11) is 0. The molecule has 4 heteroatoms. The summed E-state index contributed by atoms with van der Waals surface area (Å²) >= 11 is 0. The third-order valence-electron chi connectivity index (χ3n) is 2.14. The molecule has 1 N–H and O–H groups in total. The highest BCUT2D eigenvalue weighted by atomic mass is 19.1. The van der Waals surface area contributed by atoms with Gasteiger partial charge in [0, 0.05) is 0 Å². The maximum Gasteiger partial charge on any atom is 0.227 e. The second-order valence-electron chi connectivity index (χ2n) is 3.72. The minimum absolute atomic E-state index is 0.139. The third kappa shape index (κ3) is 3.81. The van der Waals surface area contributed by atoms with Gasteiger partial charge in [0.1, 0.15) is 11.6 Å². The first-order valence-electron chi connectivity index (χ1n) is 5.03. The van der Waals surface area contributed by atoms with Gasteiger partial charge in [-0.15, -0.1) is 0 Å². The Morgan fingerprint density at radius 3 is 2.69 bits per heavy atom. The molecule has 1 aromatic carbocycles. The fourth-order valence-electron chi connectivity index (χ4n) is 1.38. The summed E-state index contributed by atoms with van der Waals surface area (Å²) in [6.07, 6.45) is -0.139. The molecule has 1 aromatic rings. The van der Waals surface area contributed by atoms with Crippen LogP contribution < -0.4 is 5.32 Å². The van der Waals surface area contributed by atoms with Crippen LogP contribution in [-0.4, -0.2) is 11.7 Å². The van der Waals surface area contributed by atoms with Crippen LogP contribution in [0.1, 0.15) is 31.9 Å². The zero-order chi connectivity index (χ0) is 12.1. The van der Waals surface area contributed by atoms with E-state index < -0.39 is 0 Å². The Kier molecular flexibility index (Phi) is 4.17. The molecule has 0 aromatic heterocycles. The van der Waals surface area contributed by atoms with Gasteiger partial charge < -0.3 is 5.32 Å². The molecule has 3 nitrogen and oxygen atoms in total. The molecule has 1 atom stereocenters. The summed E-state index contributed by atoms with van der Waals surface area (Å²) in [5, 5.41) is 2.63. The van der Waals surface area contributed by atoms with Crippen molar-refractivity contribution in [2.24, 2.45) is 0 Å². The van der Waals surface area contributed by atoms with Crippen LogP contribution >= 0.6 is 0 Å². The van der Waals surface area contributed by atoms with Gasteiger partial charge in [0.05, 0.1) is 12.5 Å². The standard InChI is InChI=1S/C12H14FNO2/c1-8(15)6-12(16)14-9(2)10-4-3-5-11(13)7-10/h3-5,7,9H,6H2,1-2H3,(H,14,16). The molecule has 0 saturated carbocycles. The Morgan fingerprint density at radius 2 is 2.12 bits per heavy atom. The van der Waals surface area contributed by atoms with E-state index in [2.05, 4.69) is 5.32 Å². The SMILES string of the molecule is CC(=O)CC(=O)NC(C)c1cccc(F)c1. The smallest absolute Gasteiger partial charge is 0.227 e. The van der Waals surface area contributed by atoms with E-state index in [1.54, 1.807) is 19.1 Å². The van der Waals surface area contributed by atoms with Gasteiger partial charge in [0.25, 0.3) is 0 Å². The minimum atomic E-state index is -0.343. The van der Waals surface area contributed by atoms with Crippen LogP contribution in [0.3, 0.4) is 0 Å². The van der Waals surface area contributed by atoms with Crippen LogP contribution in [0.4, 0.5) is 4.39 Å². The lowest BCUT2D eigenvalue weighted by Gasteiger charge is -2.13. The maximum absolute atomic E-state index is 12.9. The molecule has 0 spiro atoms. The average Bonchev–Trinajstić information content (AvgIpc) is 2.16. The van der Waals surface area contributed by atoms with Crippen molar-refractivity contribution in [2.75, 3.05) is 0 Å². The quantitative estimate of drug-likeness (QED) is 0.793. The fraction of sp³-hybridized carbons (Fsp3) is 0.333. The van der Waals surface area contributed by atoms with Crippen molar-refractivity contribution < 1.29 is 14.0 Å². The molecule has 0 saturated heterocycles. The van der Waals surface area contributed by atoms with Crippen molar-refractivity contribution in [3.63, 3.8) is 0 Å². The lowest BCUT2D eigenvalue weighted by Crippen LogP contribution is -2.27. The number of amides is 1. The summed E-state index contributed by atoms with van der Waals surface area (Å²) in [5.41, 5.74) is 0.678. The first kappa shape index (κ1) is 12.4. The largest absolute Gasteiger partial charge is 0.349 e. The molecule has 0 aliphatic carbocycles. The van der Waals surface area contributed by atoms with Crippen molar-refractivity contribution in [2.45, 2.75) is 26.3 Å². The van der Waals surface area contributed by atoms with E-state index in [1.807, 2.05) is 0 Å². The molecule has 0 heterocycles. The molecule has 86 valence electrons. The normalized spacial score (nSPS) is 11.9. The van der Waals surface area contributed by atoms with Crippen molar-refractivity contribution in [3.05, 3.63) is 35.6 Å². The Morgan fingerprint density at radius 1 is 1.44 bits per heavy atom. The molecular weight excluding hydrogens is 209 g/mol. The highest BCUT2D eigenvalue weighted by Crippen LogP contribution is 2.13. The lowest BCUT2D eigenvalue weighted by molar-refractivity contribution is -0.127. The van der Waals surface area contributed by atoms with E-state index in [1.165, 1.54) is 19.1 Å². The van der Waals surface area contributed by atoms with Crippen LogP contribution in [0.5, 0.6) is 0 Å². The summed E-state index contributed by atoms with van der Waals surface area (Å²) in [5.74, 6) is -0.877. The van der Waals surface area contributed by atoms with Crippen LogP contribution in [0, 0.1) is 5.82 Å². The number of carbonyl (C=O) groups excluding carboxylic acids is 2. The number of halogens is 1. The number of ketones is 1. The molecule has 0 aliphatic heterocycles. The van der Waals surface area contributed by atoms with Crippen LogP contribution in [0.15, 0.2) is 24.3 Å². The lowest BCUT2D eigenvalue weighted by atomic mass is 10.1. The molecule has 16 heavy (non-hydrogen) atoms. The molecule has 0 aliphatic rings. The van der Waals surface area contributed by atoms with E-state index in [0.29, 0.717) is 5.56 Å². The summed E-state index contributed by atoms with van der Waals surface area (Å²) in [4.78, 5) is 22.0. The minimum Gasteiger partial charge on any atom is -0.349 e. The summed E-state index contributed by atoms with van der Waals surface area (Å²) < 4.78 is 12.9. The van der Waals surface area contributed by atoms with E-state index in [0.717, 1.165) is 0 Å². The second-order valence-corrected chi connectivity index (χ2v) is 3.72. The van der Waals surface area contributed by atoms with E-state index in [9.17, 15) is 14.0 Å². The van der Waals surface area contributed by atoms with Gasteiger partial charge in [0.15, 0.2) is 0 Å². The molecule has 0 bridgehead atoms. The first-order chi connectivity index (χ1) is 7.49. The zero-order valence-corrected chi connectivity index (χ0v) is 9.29. The molecule has 0 fully saturated rings. The zero-order valence-electron chi connectivity index (χ0n) is 9.29. The van der Waals surface area contributed by atoms with Crippen LogP contribution in [-0.2, 0) is 9.59 Å². The van der Waals surface area contributed by atoms with Gasteiger partial charge in [-0.05, 0) is 31.5 Å². The van der Waals surface area contributed by atoms with Gasteiger partial charge in [-0.1, -0.05) is 12.1 Å². The number of rotatable bonds is 4. The second kappa shape index (κ2) is 5.39. The van der Waals surface area contributed by atoms with Gasteiger partial charge in [-0.25, -0.2) is 4.39 Å². The fourth-order valence-corrected chi connectivity index (χ4v) is 1.38. The highest BCUT2D eigenvalue weighted by molar-refractivity contribution is 5.96. The van der Waals surface area contributed by atoms with E-state index in [4.69, 9.17) is 0 Å².